The predicted molar refractivity (Wildman–Crippen MR) is 147 cm³/mol. The third kappa shape index (κ3) is 7.20. The van der Waals surface area contributed by atoms with Gasteiger partial charge in [-0.25, -0.2) is 22.5 Å². The van der Waals surface area contributed by atoms with Crippen LogP contribution in [0, 0.1) is 5.92 Å². The third-order valence-corrected chi connectivity index (χ3v) is 7.60. The Labute approximate surface area is 231 Å². The molecule has 3 aromatic rings. The molecule has 0 bridgehead atoms. The monoisotopic (exact) mass is 563 g/mol. The average molecular weight is 564 g/mol. The molecule has 0 atom stereocenters. The smallest absolute Gasteiger partial charge is 0.296 e. The highest BCUT2D eigenvalue weighted by Crippen LogP contribution is 2.30. The van der Waals surface area contributed by atoms with Crippen molar-refractivity contribution >= 4 is 22.8 Å². The molecule has 2 saturated heterocycles. The number of benzene rings is 1. The summed E-state index contributed by atoms with van der Waals surface area (Å²) in [4.78, 5) is 15.7. The van der Waals surface area contributed by atoms with E-state index in [-0.39, 0.29) is 18.8 Å². The zero-order valence-electron chi connectivity index (χ0n) is 22.6. The van der Waals surface area contributed by atoms with E-state index in [0.717, 1.165) is 13.1 Å². The van der Waals surface area contributed by atoms with E-state index in [4.69, 9.17) is 9.72 Å². The lowest BCUT2D eigenvalue weighted by Crippen LogP contribution is -2.38. The minimum Gasteiger partial charge on any atom is -0.378 e. The molecule has 6 rings (SSSR count). The van der Waals surface area contributed by atoms with Crippen molar-refractivity contribution in [2.75, 3.05) is 56.2 Å². The first-order valence-corrected chi connectivity index (χ1v) is 14.2. The van der Waals surface area contributed by atoms with Crippen LogP contribution in [-0.4, -0.2) is 71.4 Å². The molecule has 0 unspecified atom stereocenters. The largest absolute Gasteiger partial charge is 0.378 e. The summed E-state index contributed by atoms with van der Waals surface area (Å²) in [5.41, 5.74) is 1.12. The van der Waals surface area contributed by atoms with E-state index in [1.54, 1.807) is 24.3 Å². The molecule has 3 aliphatic rings. The molecule has 2 N–H and O–H groups in total. The summed E-state index contributed by atoms with van der Waals surface area (Å²) in [5.74, 6) is -0.575. The van der Waals surface area contributed by atoms with Crippen LogP contribution in [0.5, 0.6) is 0 Å². The standard InChI is InChI=1S/C23H28F2N6O.C5H9F2N/c24-21(25)22-27-17-8-4-5-9-18(17)31(22)20-14-19(30-10-12-32-13-11-30)28-23(29-20)26-15-16-6-2-1-3-7-16;6-5(7)2-1-3-8-4-5/h4-5,8-9,14,16,21H,1-3,6-7,10-13,15H2,(H,26,28,29);8H,1-4H2. The molecule has 1 aromatic carbocycles. The topological polar surface area (TPSA) is 80.1 Å². The molecular formula is C28H37F4N7O. The Morgan fingerprint density at radius 1 is 1.00 bits per heavy atom. The van der Waals surface area contributed by atoms with Crippen molar-refractivity contribution in [3.8, 4) is 5.82 Å². The second-order valence-corrected chi connectivity index (χ2v) is 10.6. The molecule has 2 aliphatic heterocycles. The summed E-state index contributed by atoms with van der Waals surface area (Å²) < 4.78 is 59.1. The first-order chi connectivity index (χ1) is 19.4. The van der Waals surface area contributed by atoms with E-state index in [1.807, 2.05) is 6.07 Å². The maximum absolute atomic E-state index is 13.9. The molecule has 4 heterocycles. The number of morpholine rings is 1. The molecule has 8 nitrogen and oxygen atoms in total. The summed E-state index contributed by atoms with van der Waals surface area (Å²) >= 11 is 0. The average Bonchev–Trinajstić information content (AvgIpc) is 3.37. The zero-order chi connectivity index (χ0) is 28.0. The fourth-order valence-corrected chi connectivity index (χ4v) is 5.46. The van der Waals surface area contributed by atoms with Gasteiger partial charge in [0.25, 0.3) is 12.3 Å². The number of ether oxygens (including phenoxy) is 1. The number of piperidine rings is 1. The molecule has 40 heavy (non-hydrogen) atoms. The number of hydrogen-bond acceptors (Lipinski definition) is 7. The van der Waals surface area contributed by atoms with Crippen molar-refractivity contribution in [1.82, 2.24) is 24.8 Å². The molecule has 12 heteroatoms. The summed E-state index contributed by atoms with van der Waals surface area (Å²) in [6.45, 7) is 4.03. The number of alkyl halides is 4. The highest BCUT2D eigenvalue weighted by Gasteiger charge is 2.30. The van der Waals surface area contributed by atoms with Gasteiger partial charge in [-0.2, -0.15) is 9.97 Å². The van der Waals surface area contributed by atoms with Crippen molar-refractivity contribution in [3.63, 3.8) is 0 Å². The van der Waals surface area contributed by atoms with E-state index in [1.165, 1.54) is 36.7 Å². The van der Waals surface area contributed by atoms with Gasteiger partial charge in [0.15, 0.2) is 5.82 Å². The third-order valence-electron chi connectivity index (χ3n) is 7.60. The Morgan fingerprint density at radius 3 is 2.42 bits per heavy atom. The van der Waals surface area contributed by atoms with Crippen molar-refractivity contribution in [2.24, 2.45) is 5.92 Å². The van der Waals surface area contributed by atoms with Crippen LogP contribution < -0.4 is 15.5 Å². The van der Waals surface area contributed by atoms with E-state index >= 15 is 0 Å². The van der Waals surface area contributed by atoms with Crippen molar-refractivity contribution < 1.29 is 22.3 Å². The SMILES string of the molecule is FC(F)c1nc2ccccc2n1-c1cc(N2CCOCC2)nc(NCC2CCCCC2)n1.FC1(F)CCCNC1. The van der Waals surface area contributed by atoms with Crippen molar-refractivity contribution in [3.05, 3.63) is 36.2 Å². The lowest BCUT2D eigenvalue weighted by molar-refractivity contribution is -0.0208. The van der Waals surface area contributed by atoms with Gasteiger partial charge in [0, 0.05) is 32.1 Å². The maximum Gasteiger partial charge on any atom is 0.296 e. The second-order valence-electron chi connectivity index (χ2n) is 10.6. The molecule has 0 radical (unpaired) electrons. The van der Waals surface area contributed by atoms with Crippen LogP contribution >= 0.6 is 0 Å². The Kier molecular flexibility index (Phi) is 9.36. The van der Waals surface area contributed by atoms with E-state index < -0.39 is 12.3 Å². The number of anilines is 2. The quantitative estimate of drug-likeness (QED) is 0.379. The number of rotatable bonds is 6. The van der Waals surface area contributed by atoms with Crippen molar-refractivity contribution in [1.29, 1.82) is 0 Å². The first-order valence-electron chi connectivity index (χ1n) is 14.2. The van der Waals surface area contributed by atoms with Gasteiger partial charge >= 0.3 is 0 Å². The van der Waals surface area contributed by atoms with Crippen LogP contribution in [0.25, 0.3) is 16.9 Å². The maximum atomic E-state index is 13.9. The van der Waals surface area contributed by atoms with Gasteiger partial charge in [-0.05, 0) is 43.9 Å². The summed E-state index contributed by atoms with van der Waals surface area (Å²) in [6, 6.07) is 8.92. The van der Waals surface area contributed by atoms with E-state index in [0.29, 0.717) is 67.3 Å². The number of hydrogen-bond donors (Lipinski definition) is 2. The van der Waals surface area contributed by atoms with Gasteiger partial charge < -0.3 is 20.3 Å². The van der Waals surface area contributed by atoms with Gasteiger partial charge in [-0.1, -0.05) is 31.4 Å². The normalized spacial score (nSPS) is 19.9. The Morgan fingerprint density at radius 2 is 1.75 bits per heavy atom. The van der Waals surface area contributed by atoms with Gasteiger partial charge in [0.05, 0.1) is 30.8 Å². The minimum atomic E-state index is -2.72. The molecule has 1 aliphatic carbocycles. The molecular weight excluding hydrogens is 526 g/mol. The number of aromatic nitrogens is 4. The van der Waals surface area contributed by atoms with E-state index in [2.05, 4.69) is 25.5 Å². The number of para-hydroxylation sites is 2. The van der Waals surface area contributed by atoms with Gasteiger partial charge in [0.2, 0.25) is 5.95 Å². The highest BCUT2D eigenvalue weighted by atomic mass is 19.3. The predicted octanol–water partition coefficient (Wildman–Crippen LogP) is 5.59. The van der Waals surface area contributed by atoms with Crippen LogP contribution in [0.3, 0.4) is 0 Å². The molecule has 0 spiro atoms. The summed E-state index contributed by atoms with van der Waals surface area (Å²) in [7, 11) is 0. The van der Waals surface area contributed by atoms with Crippen LogP contribution in [0.15, 0.2) is 30.3 Å². The number of halogens is 4. The fraction of sp³-hybridized carbons (Fsp3) is 0.607. The molecule has 218 valence electrons. The lowest BCUT2D eigenvalue weighted by Gasteiger charge is -2.28. The van der Waals surface area contributed by atoms with Gasteiger partial charge in [-0.3, -0.25) is 4.57 Å². The summed E-state index contributed by atoms with van der Waals surface area (Å²) in [6.07, 6.45) is 4.15. The minimum absolute atomic E-state index is 0.0556. The second kappa shape index (κ2) is 13.1. The zero-order valence-corrected chi connectivity index (χ0v) is 22.6. The van der Waals surface area contributed by atoms with Crippen LogP contribution in [0.4, 0.5) is 29.3 Å². The summed E-state index contributed by atoms with van der Waals surface area (Å²) in [5, 5.41) is 6.02. The number of nitrogens with zero attached hydrogens (tertiary/aromatic N) is 5. The molecule has 2 aromatic heterocycles. The number of nitrogens with one attached hydrogen (secondary N) is 2. The lowest BCUT2D eigenvalue weighted by atomic mass is 9.89. The van der Waals surface area contributed by atoms with Crippen molar-refractivity contribution in [2.45, 2.75) is 57.3 Å². The van der Waals surface area contributed by atoms with Gasteiger partial charge in [0.1, 0.15) is 11.6 Å². The molecule has 3 fully saturated rings. The number of imidazole rings is 1. The van der Waals surface area contributed by atoms with Gasteiger partial charge in [-0.15, -0.1) is 0 Å². The van der Waals surface area contributed by atoms with Crippen LogP contribution in [0.1, 0.15) is 57.2 Å². The van der Waals surface area contributed by atoms with E-state index in [9.17, 15) is 17.6 Å². The Bertz CT molecular complexity index is 1230. The molecule has 1 saturated carbocycles. The highest BCUT2D eigenvalue weighted by molar-refractivity contribution is 5.78. The fourth-order valence-electron chi connectivity index (χ4n) is 5.46. The number of fused-ring (bicyclic) bond motifs is 1. The van der Waals surface area contributed by atoms with Crippen LogP contribution in [-0.2, 0) is 4.74 Å². The first kappa shape index (κ1) is 28.5. The molecule has 0 amide bonds. The Hall–Kier alpha value is -2.99. The van der Waals surface area contributed by atoms with Crippen LogP contribution in [0.2, 0.25) is 0 Å². The Balaban J connectivity index is 0.000000348.